The molecule has 3 N–H and O–H groups in total. The second-order valence-corrected chi connectivity index (χ2v) is 5.92. The summed E-state index contributed by atoms with van der Waals surface area (Å²) >= 11 is 0. The highest BCUT2D eigenvalue weighted by molar-refractivity contribution is 5.96. The van der Waals surface area contributed by atoms with E-state index < -0.39 is 0 Å². The number of nitrogen functional groups attached to an aromatic ring is 1. The Hall–Kier alpha value is -3.22. The van der Waals surface area contributed by atoms with Crippen LogP contribution in [0.5, 0.6) is 0 Å². The molecule has 0 spiro atoms. The predicted octanol–water partition coefficient (Wildman–Crippen LogP) is 2.35. The summed E-state index contributed by atoms with van der Waals surface area (Å²) in [6.07, 6.45) is 2.90. The number of amides is 1. The molecule has 7 heteroatoms. The number of carbonyl (C=O) groups is 1. The normalized spacial score (nSPS) is 12.0. The molecule has 0 aliphatic rings. The van der Waals surface area contributed by atoms with E-state index >= 15 is 0 Å². The van der Waals surface area contributed by atoms with Crippen molar-refractivity contribution in [3.8, 4) is 5.69 Å². The molecule has 3 aromatic rings. The van der Waals surface area contributed by atoms with Crippen LogP contribution in [0.15, 0.2) is 42.7 Å². The molecule has 1 atom stereocenters. The summed E-state index contributed by atoms with van der Waals surface area (Å²) in [6, 6.07) is 9.74. The molecule has 2 heterocycles. The Bertz CT molecular complexity index is 900. The van der Waals surface area contributed by atoms with Gasteiger partial charge in [-0.05, 0) is 44.5 Å². The fourth-order valence-electron chi connectivity index (χ4n) is 2.67. The minimum absolute atomic E-state index is 0.118. The fourth-order valence-corrected chi connectivity index (χ4v) is 2.67. The summed E-state index contributed by atoms with van der Waals surface area (Å²) in [7, 11) is 0. The van der Waals surface area contributed by atoms with E-state index in [2.05, 4.69) is 20.4 Å². The molecule has 1 amide bonds. The molecule has 0 aliphatic heterocycles. The highest BCUT2D eigenvalue weighted by Gasteiger charge is 2.16. The molecule has 0 aliphatic carbocycles. The molecule has 2 aromatic heterocycles. The molecule has 0 saturated carbocycles. The van der Waals surface area contributed by atoms with Crippen molar-refractivity contribution in [1.29, 1.82) is 0 Å². The van der Waals surface area contributed by atoms with Gasteiger partial charge in [0.05, 0.1) is 17.4 Å². The Morgan fingerprint density at radius 1 is 1.16 bits per heavy atom. The van der Waals surface area contributed by atoms with Gasteiger partial charge in [0.2, 0.25) is 0 Å². The van der Waals surface area contributed by atoms with Gasteiger partial charge in [-0.2, -0.15) is 5.10 Å². The molecule has 1 aromatic carbocycles. The number of nitrogens with two attached hydrogens (primary N) is 1. The van der Waals surface area contributed by atoms with Gasteiger partial charge in [-0.15, -0.1) is 0 Å². The number of nitrogens with one attached hydrogen (secondary N) is 1. The summed E-state index contributed by atoms with van der Waals surface area (Å²) in [5.74, 6) is -0.229. The zero-order chi connectivity index (χ0) is 18.0. The Labute approximate surface area is 145 Å². The number of nitrogens with zero attached hydrogens (tertiary/aromatic N) is 4. The van der Waals surface area contributed by atoms with Crippen molar-refractivity contribution in [3.63, 3.8) is 0 Å². The Kier molecular flexibility index (Phi) is 4.47. The van der Waals surface area contributed by atoms with Crippen LogP contribution in [0.1, 0.15) is 40.4 Å². The maximum absolute atomic E-state index is 12.3. The van der Waals surface area contributed by atoms with E-state index in [1.165, 1.54) is 12.4 Å². The lowest BCUT2D eigenvalue weighted by Gasteiger charge is -2.15. The molecular weight excluding hydrogens is 316 g/mol. The molecule has 25 heavy (non-hydrogen) atoms. The second-order valence-electron chi connectivity index (χ2n) is 5.92. The minimum atomic E-state index is -0.347. The van der Waals surface area contributed by atoms with Gasteiger partial charge in [0.25, 0.3) is 5.91 Å². The van der Waals surface area contributed by atoms with Crippen molar-refractivity contribution >= 4 is 11.7 Å². The number of anilines is 1. The van der Waals surface area contributed by atoms with E-state index in [1.807, 2.05) is 55.8 Å². The number of carbonyl (C=O) groups excluding carboxylic acids is 1. The quantitative estimate of drug-likeness (QED) is 0.762. The van der Waals surface area contributed by atoms with Crippen molar-refractivity contribution in [2.45, 2.75) is 26.8 Å². The minimum Gasteiger partial charge on any atom is -0.382 e. The highest BCUT2D eigenvalue weighted by atomic mass is 16.2. The van der Waals surface area contributed by atoms with Crippen LogP contribution in [-0.4, -0.2) is 25.7 Å². The van der Waals surface area contributed by atoms with E-state index in [0.717, 1.165) is 22.6 Å². The third-order valence-corrected chi connectivity index (χ3v) is 3.94. The van der Waals surface area contributed by atoms with Gasteiger partial charge >= 0.3 is 0 Å². The summed E-state index contributed by atoms with van der Waals surface area (Å²) < 4.78 is 1.89. The van der Waals surface area contributed by atoms with Gasteiger partial charge in [0.1, 0.15) is 0 Å². The zero-order valence-electron chi connectivity index (χ0n) is 14.4. The average Bonchev–Trinajstić information content (AvgIpc) is 2.93. The van der Waals surface area contributed by atoms with Crippen molar-refractivity contribution in [3.05, 3.63) is 65.4 Å². The number of benzene rings is 1. The van der Waals surface area contributed by atoms with Crippen molar-refractivity contribution < 1.29 is 4.79 Å². The van der Waals surface area contributed by atoms with Crippen LogP contribution in [0.2, 0.25) is 0 Å². The Morgan fingerprint density at radius 2 is 1.84 bits per heavy atom. The predicted molar refractivity (Wildman–Crippen MR) is 95.4 cm³/mol. The molecule has 3 rings (SSSR count). The van der Waals surface area contributed by atoms with Crippen molar-refractivity contribution in [2.24, 2.45) is 0 Å². The summed E-state index contributed by atoms with van der Waals surface area (Å²) in [5, 5.41) is 7.35. The molecular formula is C18H20N6O. The lowest BCUT2D eigenvalue weighted by Crippen LogP contribution is -2.28. The first kappa shape index (κ1) is 16.6. The van der Waals surface area contributed by atoms with Crippen molar-refractivity contribution in [2.75, 3.05) is 5.73 Å². The molecule has 0 bridgehead atoms. The topological polar surface area (TPSA) is 98.7 Å². The van der Waals surface area contributed by atoms with E-state index in [1.54, 1.807) is 0 Å². The van der Waals surface area contributed by atoms with Gasteiger partial charge in [-0.3, -0.25) is 4.79 Å². The number of aromatic nitrogens is 4. The van der Waals surface area contributed by atoms with Crippen molar-refractivity contribution in [1.82, 2.24) is 25.1 Å². The largest absolute Gasteiger partial charge is 0.382 e. The highest BCUT2D eigenvalue weighted by Crippen LogP contribution is 2.18. The SMILES string of the molecule is Cc1cc(C)n(-c2ccc([C@H](C)NC(=O)c3nccnc3N)cc2)n1. The van der Waals surface area contributed by atoms with Crippen LogP contribution in [0.4, 0.5) is 5.82 Å². The van der Waals surface area contributed by atoms with Crippen LogP contribution in [0, 0.1) is 13.8 Å². The molecule has 0 fully saturated rings. The first-order valence-corrected chi connectivity index (χ1v) is 7.96. The second kappa shape index (κ2) is 6.72. The van der Waals surface area contributed by atoms with Gasteiger partial charge in [0.15, 0.2) is 11.5 Å². The molecule has 7 nitrogen and oxygen atoms in total. The average molecular weight is 336 g/mol. The van der Waals surface area contributed by atoms with E-state index in [9.17, 15) is 4.79 Å². The smallest absolute Gasteiger partial charge is 0.274 e. The van der Waals surface area contributed by atoms with Crippen LogP contribution >= 0.6 is 0 Å². The lowest BCUT2D eigenvalue weighted by atomic mass is 10.1. The van der Waals surface area contributed by atoms with E-state index in [0.29, 0.717) is 0 Å². The van der Waals surface area contributed by atoms with Gasteiger partial charge in [-0.1, -0.05) is 12.1 Å². The Balaban J connectivity index is 1.75. The fraction of sp³-hybridized carbons (Fsp3) is 0.222. The maximum atomic E-state index is 12.3. The molecule has 0 saturated heterocycles. The first-order valence-electron chi connectivity index (χ1n) is 7.96. The molecule has 0 radical (unpaired) electrons. The molecule has 128 valence electrons. The van der Waals surface area contributed by atoms with Crippen LogP contribution < -0.4 is 11.1 Å². The summed E-state index contributed by atoms with van der Waals surface area (Å²) in [6.45, 7) is 5.89. The number of rotatable bonds is 4. The van der Waals surface area contributed by atoms with Gasteiger partial charge < -0.3 is 11.1 Å². The summed E-state index contributed by atoms with van der Waals surface area (Å²) in [4.78, 5) is 20.1. The lowest BCUT2D eigenvalue weighted by molar-refractivity contribution is 0.0935. The monoisotopic (exact) mass is 336 g/mol. The van der Waals surface area contributed by atoms with E-state index in [-0.39, 0.29) is 23.5 Å². The molecule has 0 unspecified atom stereocenters. The standard InChI is InChI=1S/C18H20N6O/c1-11-10-12(2)24(23-11)15-6-4-14(5-7-15)13(3)22-18(25)16-17(19)21-9-8-20-16/h4-10,13H,1-3H3,(H2,19,21)(H,22,25)/t13-/m0/s1. The number of hydrogen-bond acceptors (Lipinski definition) is 5. The third-order valence-electron chi connectivity index (χ3n) is 3.94. The first-order chi connectivity index (χ1) is 12.0. The van der Waals surface area contributed by atoms with Crippen LogP contribution in [0.3, 0.4) is 0 Å². The third kappa shape index (κ3) is 3.50. The maximum Gasteiger partial charge on any atom is 0.274 e. The van der Waals surface area contributed by atoms with Crippen LogP contribution in [0.25, 0.3) is 5.69 Å². The Morgan fingerprint density at radius 3 is 2.44 bits per heavy atom. The van der Waals surface area contributed by atoms with E-state index in [4.69, 9.17) is 5.73 Å². The zero-order valence-corrected chi connectivity index (χ0v) is 14.4. The number of hydrogen-bond donors (Lipinski definition) is 2. The van der Waals surface area contributed by atoms with Crippen LogP contribution in [-0.2, 0) is 0 Å². The number of aryl methyl sites for hydroxylation is 2. The summed E-state index contributed by atoms with van der Waals surface area (Å²) in [5.41, 5.74) is 9.83. The van der Waals surface area contributed by atoms with Gasteiger partial charge in [0, 0.05) is 18.1 Å². The van der Waals surface area contributed by atoms with Gasteiger partial charge in [-0.25, -0.2) is 14.6 Å².